The van der Waals surface area contributed by atoms with Gasteiger partial charge in [-0.25, -0.2) is 0 Å². The van der Waals surface area contributed by atoms with E-state index in [4.69, 9.17) is 9.79 Å². The fourth-order valence-electron chi connectivity index (χ4n) is 1.71. The van der Waals surface area contributed by atoms with E-state index < -0.39 is 13.3 Å². The molecule has 1 aliphatic carbocycles. The van der Waals surface area contributed by atoms with Crippen molar-refractivity contribution in [2.45, 2.75) is 58.5 Å². The molecule has 1 fully saturated rings. The van der Waals surface area contributed by atoms with Gasteiger partial charge in [0, 0.05) is 0 Å². The van der Waals surface area contributed by atoms with E-state index in [0.29, 0.717) is 0 Å². The third kappa shape index (κ3) is 5.14. The smallest absolute Gasteiger partial charge is 0.324 e. The van der Waals surface area contributed by atoms with Crippen molar-refractivity contribution < 1.29 is 14.4 Å². The van der Waals surface area contributed by atoms with Crippen LogP contribution < -0.4 is 0 Å². The lowest BCUT2D eigenvalue weighted by molar-refractivity contribution is 0.338. The third-order valence-corrected chi connectivity index (χ3v) is 4.10. The Balaban J connectivity index is 0.000000500. The first-order chi connectivity index (χ1) is 6.43. The first kappa shape index (κ1) is 14.2. The Morgan fingerprint density at radius 2 is 1.64 bits per heavy atom. The largest absolute Gasteiger partial charge is 0.328 e. The van der Waals surface area contributed by atoms with Crippen molar-refractivity contribution in [1.29, 1.82) is 0 Å². The third-order valence-electron chi connectivity index (χ3n) is 2.61. The summed E-state index contributed by atoms with van der Waals surface area (Å²) in [5, 5.41) is 0. The summed E-state index contributed by atoms with van der Waals surface area (Å²) in [5.74, 6) is 0.260. The van der Waals surface area contributed by atoms with Gasteiger partial charge < -0.3 is 9.79 Å². The topological polar surface area (TPSA) is 57.5 Å². The zero-order valence-electron chi connectivity index (χ0n) is 9.44. The zero-order valence-corrected chi connectivity index (χ0v) is 10.3. The first-order valence-electron chi connectivity index (χ1n) is 5.48. The summed E-state index contributed by atoms with van der Waals surface area (Å²) in [5.41, 5.74) is -0.426. The molecule has 0 aromatic carbocycles. The number of hydrogen-bond acceptors (Lipinski definition) is 1. The van der Waals surface area contributed by atoms with Gasteiger partial charge in [-0.1, -0.05) is 40.0 Å². The molecule has 0 saturated heterocycles. The summed E-state index contributed by atoms with van der Waals surface area (Å²) in [7, 11) is -3.81. The predicted octanol–water partition coefficient (Wildman–Crippen LogP) is 3.16. The molecule has 1 aliphatic rings. The molecular formula is C10H23O3P. The van der Waals surface area contributed by atoms with Gasteiger partial charge in [-0.15, -0.1) is 0 Å². The molecule has 0 aromatic rings. The van der Waals surface area contributed by atoms with Gasteiger partial charge in [0.15, 0.2) is 0 Å². The van der Waals surface area contributed by atoms with Crippen LogP contribution in [0.3, 0.4) is 0 Å². The van der Waals surface area contributed by atoms with E-state index in [-0.39, 0.29) is 5.92 Å². The zero-order chi connectivity index (χ0) is 11.2. The second-order valence-electron chi connectivity index (χ2n) is 4.08. The Morgan fingerprint density at radius 1 is 1.29 bits per heavy atom. The van der Waals surface area contributed by atoms with Crippen LogP contribution in [0.25, 0.3) is 0 Å². The highest BCUT2D eigenvalue weighted by Crippen LogP contribution is 2.48. The van der Waals surface area contributed by atoms with Gasteiger partial charge in [-0.05, 0) is 18.8 Å². The van der Waals surface area contributed by atoms with E-state index in [2.05, 4.69) is 13.8 Å². The lowest BCUT2D eigenvalue weighted by Crippen LogP contribution is -2.13. The predicted molar refractivity (Wildman–Crippen MR) is 59.4 cm³/mol. The van der Waals surface area contributed by atoms with Crippen molar-refractivity contribution in [2.75, 3.05) is 0 Å². The molecule has 0 radical (unpaired) electrons. The van der Waals surface area contributed by atoms with Crippen LogP contribution in [0.1, 0.15) is 52.9 Å². The van der Waals surface area contributed by atoms with E-state index in [1.807, 2.05) is 0 Å². The molecule has 0 heterocycles. The molecule has 0 amide bonds. The van der Waals surface area contributed by atoms with Crippen molar-refractivity contribution in [3.63, 3.8) is 0 Å². The van der Waals surface area contributed by atoms with Crippen LogP contribution in [0.15, 0.2) is 0 Å². The molecule has 0 aliphatic heterocycles. The molecule has 0 aromatic heterocycles. The maximum atomic E-state index is 10.8. The quantitative estimate of drug-likeness (QED) is 0.705. The summed E-state index contributed by atoms with van der Waals surface area (Å²) in [4.78, 5) is 17.7. The van der Waals surface area contributed by atoms with Crippen LogP contribution >= 0.6 is 7.60 Å². The second kappa shape index (κ2) is 6.60. The van der Waals surface area contributed by atoms with Crippen LogP contribution in [-0.4, -0.2) is 15.4 Å². The second-order valence-corrected chi connectivity index (χ2v) is 6.07. The molecule has 1 atom stereocenters. The Bertz CT molecular complexity index is 182. The average Bonchev–Trinajstić information content (AvgIpc) is 2.54. The van der Waals surface area contributed by atoms with Crippen molar-refractivity contribution in [3.8, 4) is 0 Å². The van der Waals surface area contributed by atoms with E-state index in [1.54, 1.807) is 6.92 Å². The van der Waals surface area contributed by atoms with Crippen LogP contribution in [0.4, 0.5) is 0 Å². The van der Waals surface area contributed by atoms with Crippen molar-refractivity contribution >= 4 is 7.60 Å². The molecule has 1 rings (SSSR count). The summed E-state index contributed by atoms with van der Waals surface area (Å²) < 4.78 is 10.8. The summed E-state index contributed by atoms with van der Waals surface area (Å²) in [6, 6.07) is 0. The van der Waals surface area contributed by atoms with Crippen molar-refractivity contribution in [2.24, 2.45) is 5.92 Å². The molecule has 0 spiro atoms. The van der Waals surface area contributed by atoms with Crippen LogP contribution in [0.5, 0.6) is 0 Å². The Labute approximate surface area is 87.1 Å². The fourth-order valence-corrected chi connectivity index (χ4v) is 2.56. The Morgan fingerprint density at radius 3 is 1.93 bits per heavy atom. The molecule has 1 unspecified atom stereocenters. The van der Waals surface area contributed by atoms with E-state index in [9.17, 15) is 4.57 Å². The Hall–Kier alpha value is 0.150. The summed E-state index contributed by atoms with van der Waals surface area (Å²) in [6.45, 7) is 5.91. The lowest BCUT2D eigenvalue weighted by Gasteiger charge is -2.19. The number of rotatable bonds is 2. The van der Waals surface area contributed by atoms with Crippen molar-refractivity contribution in [3.05, 3.63) is 0 Å². The fraction of sp³-hybridized carbons (Fsp3) is 1.00. The van der Waals surface area contributed by atoms with Crippen LogP contribution in [0.2, 0.25) is 0 Å². The van der Waals surface area contributed by atoms with Crippen LogP contribution in [0, 0.1) is 5.92 Å². The van der Waals surface area contributed by atoms with E-state index in [0.717, 1.165) is 25.7 Å². The highest BCUT2D eigenvalue weighted by atomic mass is 31.2. The molecule has 2 N–H and O–H groups in total. The molecule has 3 nitrogen and oxygen atoms in total. The molecule has 1 saturated carbocycles. The van der Waals surface area contributed by atoms with Crippen molar-refractivity contribution in [1.82, 2.24) is 0 Å². The maximum absolute atomic E-state index is 10.8. The maximum Gasteiger partial charge on any atom is 0.328 e. The summed E-state index contributed by atoms with van der Waals surface area (Å²) >= 11 is 0. The summed E-state index contributed by atoms with van der Waals surface area (Å²) in [6.07, 6.45) is 5.50. The highest BCUT2D eigenvalue weighted by molar-refractivity contribution is 7.52. The minimum atomic E-state index is -3.81. The van der Waals surface area contributed by atoms with Gasteiger partial charge in [-0.3, -0.25) is 4.57 Å². The van der Waals surface area contributed by atoms with Gasteiger partial charge in [0.25, 0.3) is 0 Å². The highest BCUT2D eigenvalue weighted by Gasteiger charge is 2.33. The van der Waals surface area contributed by atoms with Gasteiger partial charge in [0.1, 0.15) is 0 Å². The molecular weight excluding hydrogens is 199 g/mol. The number of hydrogen-bond donors (Lipinski definition) is 2. The minimum absolute atomic E-state index is 0.260. The molecule has 86 valence electrons. The van der Waals surface area contributed by atoms with E-state index in [1.165, 1.54) is 6.42 Å². The monoisotopic (exact) mass is 222 g/mol. The standard InChI is InChI=1S/C7H15O3P.C3H8/c1-6(11(8,9)10)7-4-2-3-5-7;1-3-2/h6-7H,2-5H2,1H3,(H2,8,9,10);3H2,1-2H3. The lowest BCUT2D eigenvalue weighted by atomic mass is 10.1. The normalized spacial score (nSPS) is 20.1. The van der Waals surface area contributed by atoms with Gasteiger partial charge in [-0.2, -0.15) is 0 Å². The average molecular weight is 222 g/mol. The first-order valence-corrected chi connectivity index (χ1v) is 7.16. The SMILES string of the molecule is CC(C1CCCC1)P(=O)(O)O.CCC. The molecule has 4 heteroatoms. The van der Waals surface area contributed by atoms with E-state index >= 15 is 0 Å². The van der Waals surface area contributed by atoms with Crippen LogP contribution in [-0.2, 0) is 4.57 Å². The van der Waals surface area contributed by atoms with Gasteiger partial charge in [0.2, 0.25) is 0 Å². The molecule has 14 heavy (non-hydrogen) atoms. The Kier molecular flexibility index (Phi) is 6.67. The molecule has 0 bridgehead atoms. The minimum Gasteiger partial charge on any atom is -0.324 e. The van der Waals surface area contributed by atoms with Gasteiger partial charge >= 0.3 is 7.60 Å². The van der Waals surface area contributed by atoms with Gasteiger partial charge in [0.05, 0.1) is 5.66 Å².